The minimum atomic E-state index is -0.249. The molecule has 4 heteroatoms. The Morgan fingerprint density at radius 3 is 1.79 bits per heavy atom. The highest BCUT2D eigenvalue weighted by Gasteiger charge is 2.27. The molecule has 128 valence electrons. The average Bonchev–Trinajstić information content (AvgIpc) is 2.60. The van der Waals surface area contributed by atoms with Crippen LogP contribution in [-0.2, 0) is 4.74 Å². The number of thiol groups is 1. The SMILES string of the molecule is C=CS.Fc1ccc(C(c2ccc(F)cc2)C2CCCCO2)cc1. The Labute approximate surface area is 147 Å². The molecule has 0 aromatic heterocycles. The van der Waals surface area contributed by atoms with Gasteiger partial charge in [0.25, 0.3) is 0 Å². The maximum Gasteiger partial charge on any atom is 0.123 e. The van der Waals surface area contributed by atoms with Crippen LogP contribution in [0.2, 0.25) is 0 Å². The fraction of sp³-hybridized carbons (Fsp3) is 0.300. The van der Waals surface area contributed by atoms with Crippen LogP contribution in [0.25, 0.3) is 0 Å². The molecule has 1 aliphatic heterocycles. The van der Waals surface area contributed by atoms with Gasteiger partial charge in [-0.2, -0.15) is 12.6 Å². The molecule has 0 saturated carbocycles. The van der Waals surface area contributed by atoms with Crippen LogP contribution in [-0.4, -0.2) is 12.7 Å². The molecule has 1 heterocycles. The Bertz CT molecular complexity index is 574. The second kappa shape index (κ2) is 9.60. The summed E-state index contributed by atoms with van der Waals surface area (Å²) in [6.45, 7) is 3.98. The minimum absolute atomic E-state index is 0.0199. The summed E-state index contributed by atoms with van der Waals surface area (Å²) < 4.78 is 32.3. The number of hydrogen-bond acceptors (Lipinski definition) is 2. The van der Waals surface area contributed by atoms with Crippen LogP contribution in [0.1, 0.15) is 36.3 Å². The molecule has 24 heavy (non-hydrogen) atoms. The third-order valence-corrected chi connectivity index (χ3v) is 4.04. The molecule has 1 aliphatic rings. The summed E-state index contributed by atoms with van der Waals surface area (Å²) in [6.07, 6.45) is 3.24. The Morgan fingerprint density at radius 2 is 1.42 bits per heavy atom. The maximum absolute atomic E-state index is 13.2. The van der Waals surface area contributed by atoms with E-state index < -0.39 is 0 Å². The Balaban J connectivity index is 0.000000647. The van der Waals surface area contributed by atoms with E-state index in [-0.39, 0.29) is 23.7 Å². The highest BCUT2D eigenvalue weighted by atomic mass is 32.1. The van der Waals surface area contributed by atoms with E-state index in [2.05, 4.69) is 19.2 Å². The van der Waals surface area contributed by atoms with Crippen LogP contribution in [0.5, 0.6) is 0 Å². The van der Waals surface area contributed by atoms with Crippen LogP contribution in [0, 0.1) is 11.6 Å². The topological polar surface area (TPSA) is 9.23 Å². The van der Waals surface area contributed by atoms with Gasteiger partial charge >= 0.3 is 0 Å². The van der Waals surface area contributed by atoms with E-state index in [9.17, 15) is 8.78 Å². The lowest BCUT2D eigenvalue weighted by Gasteiger charge is -2.31. The van der Waals surface area contributed by atoms with Crippen molar-refractivity contribution in [3.05, 3.63) is 83.3 Å². The standard InChI is InChI=1S/C18H18F2O.C2H4S/c19-15-8-4-13(5-9-15)18(17-3-1-2-12-21-17)14-6-10-16(20)11-7-14;1-2-3/h4-11,17-18H,1-3,12H2;2-3H,1H2. The van der Waals surface area contributed by atoms with Gasteiger partial charge in [0, 0.05) is 12.5 Å². The lowest BCUT2D eigenvalue weighted by atomic mass is 9.83. The molecule has 1 atom stereocenters. The van der Waals surface area contributed by atoms with E-state index >= 15 is 0 Å². The van der Waals surface area contributed by atoms with Crippen molar-refractivity contribution in [1.82, 2.24) is 0 Å². The molecule has 0 amide bonds. The van der Waals surface area contributed by atoms with Crippen molar-refractivity contribution in [2.45, 2.75) is 31.3 Å². The third kappa shape index (κ3) is 5.18. The largest absolute Gasteiger partial charge is 0.377 e. The Morgan fingerprint density at radius 1 is 0.958 bits per heavy atom. The van der Waals surface area contributed by atoms with Crippen LogP contribution in [0.3, 0.4) is 0 Å². The van der Waals surface area contributed by atoms with Gasteiger partial charge in [0.2, 0.25) is 0 Å². The Kier molecular flexibility index (Phi) is 7.47. The molecule has 1 unspecified atom stereocenters. The predicted molar refractivity (Wildman–Crippen MR) is 97.4 cm³/mol. The molecule has 0 radical (unpaired) electrons. The molecule has 0 N–H and O–H groups in total. The molecular formula is C20H22F2OS. The fourth-order valence-electron chi connectivity index (χ4n) is 2.99. The van der Waals surface area contributed by atoms with E-state index in [1.165, 1.54) is 29.7 Å². The highest BCUT2D eigenvalue weighted by molar-refractivity contribution is 7.83. The molecular weight excluding hydrogens is 326 g/mol. The van der Waals surface area contributed by atoms with Crippen molar-refractivity contribution < 1.29 is 13.5 Å². The first kappa shape index (κ1) is 18.7. The first-order chi connectivity index (χ1) is 11.7. The van der Waals surface area contributed by atoms with Crippen molar-refractivity contribution >= 4 is 12.6 Å². The zero-order valence-electron chi connectivity index (χ0n) is 13.5. The van der Waals surface area contributed by atoms with Crippen molar-refractivity contribution in [3.8, 4) is 0 Å². The van der Waals surface area contributed by atoms with Gasteiger partial charge in [-0.25, -0.2) is 8.78 Å². The van der Waals surface area contributed by atoms with E-state index in [0.29, 0.717) is 0 Å². The van der Waals surface area contributed by atoms with Gasteiger partial charge < -0.3 is 4.74 Å². The first-order valence-corrected chi connectivity index (χ1v) is 8.55. The molecule has 3 rings (SSSR count). The van der Waals surface area contributed by atoms with Crippen LogP contribution in [0.15, 0.2) is 60.5 Å². The molecule has 0 bridgehead atoms. The number of hydrogen-bond donors (Lipinski definition) is 1. The minimum Gasteiger partial charge on any atom is -0.377 e. The van der Waals surface area contributed by atoms with Gasteiger partial charge in [-0.1, -0.05) is 30.8 Å². The summed E-state index contributed by atoms with van der Waals surface area (Å²) >= 11 is 3.55. The van der Waals surface area contributed by atoms with Crippen molar-refractivity contribution in [1.29, 1.82) is 0 Å². The molecule has 2 aromatic carbocycles. The Hall–Kier alpha value is -1.65. The van der Waals surface area contributed by atoms with Crippen molar-refractivity contribution in [2.75, 3.05) is 6.61 Å². The molecule has 0 spiro atoms. The second-order valence-corrected chi connectivity index (χ2v) is 6.03. The van der Waals surface area contributed by atoms with E-state index in [4.69, 9.17) is 4.74 Å². The number of ether oxygens (including phenoxy) is 1. The van der Waals surface area contributed by atoms with Crippen LogP contribution < -0.4 is 0 Å². The third-order valence-electron chi connectivity index (χ3n) is 4.04. The van der Waals surface area contributed by atoms with Gasteiger partial charge in [-0.3, -0.25) is 0 Å². The van der Waals surface area contributed by atoms with E-state index in [1.54, 1.807) is 24.3 Å². The quantitative estimate of drug-likeness (QED) is 0.697. The second-order valence-electron chi connectivity index (χ2n) is 5.67. The normalized spacial score (nSPS) is 17.1. The van der Waals surface area contributed by atoms with Gasteiger partial charge in [-0.15, -0.1) is 0 Å². The molecule has 1 nitrogen and oxygen atoms in total. The summed E-state index contributed by atoms with van der Waals surface area (Å²) in [4.78, 5) is 0. The van der Waals surface area contributed by atoms with Crippen LogP contribution in [0.4, 0.5) is 8.78 Å². The van der Waals surface area contributed by atoms with Gasteiger partial charge in [0.15, 0.2) is 0 Å². The summed E-state index contributed by atoms with van der Waals surface area (Å²) in [7, 11) is 0. The van der Waals surface area contributed by atoms with Gasteiger partial charge in [0.1, 0.15) is 11.6 Å². The monoisotopic (exact) mass is 348 g/mol. The molecule has 0 aliphatic carbocycles. The zero-order chi connectivity index (χ0) is 17.4. The summed E-state index contributed by atoms with van der Waals surface area (Å²) in [5, 5.41) is 1.44. The highest BCUT2D eigenvalue weighted by Crippen LogP contribution is 2.34. The van der Waals surface area contributed by atoms with Crippen molar-refractivity contribution in [2.24, 2.45) is 0 Å². The zero-order valence-corrected chi connectivity index (χ0v) is 14.4. The summed E-state index contributed by atoms with van der Waals surface area (Å²) in [5.41, 5.74) is 2.02. The first-order valence-electron chi connectivity index (χ1n) is 8.03. The molecule has 2 aromatic rings. The van der Waals surface area contributed by atoms with Gasteiger partial charge in [0.05, 0.1) is 6.10 Å². The van der Waals surface area contributed by atoms with Crippen molar-refractivity contribution in [3.63, 3.8) is 0 Å². The number of rotatable bonds is 3. The lowest BCUT2D eigenvalue weighted by Crippen LogP contribution is -2.27. The lowest BCUT2D eigenvalue weighted by molar-refractivity contribution is 0.00635. The summed E-state index contributed by atoms with van der Waals surface area (Å²) in [6, 6.07) is 13.0. The smallest absolute Gasteiger partial charge is 0.123 e. The maximum atomic E-state index is 13.2. The fourth-order valence-corrected chi connectivity index (χ4v) is 2.99. The average molecular weight is 348 g/mol. The van der Waals surface area contributed by atoms with E-state index in [1.807, 2.05) is 0 Å². The molecule has 1 fully saturated rings. The number of benzene rings is 2. The predicted octanol–water partition coefficient (Wildman–Crippen LogP) is 5.73. The molecule has 1 saturated heterocycles. The summed E-state index contributed by atoms with van der Waals surface area (Å²) in [5.74, 6) is -0.478. The number of halogens is 2. The van der Waals surface area contributed by atoms with Crippen LogP contribution >= 0.6 is 12.6 Å². The van der Waals surface area contributed by atoms with Gasteiger partial charge in [-0.05, 0) is 60.1 Å². The van der Waals surface area contributed by atoms with E-state index in [0.717, 1.165) is 37.0 Å².